The number of anilines is 2. The van der Waals surface area contributed by atoms with E-state index in [-0.39, 0.29) is 4.90 Å². The molecule has 5 rings (SSSR count). The van der Waals surface area contributed by atoms with Crippen molar-refractivity contribution in [2.45, 2.75) is 4.90 Å². The second-order valence-electron chi connectivity index (χ2n) is 7.56. The molecule has 0 saturated heterocycles. The van der Waals surface area contributed by atoms with E-state index >= 15 is 0 Å². The van der Waals surface area contributed by atoms with Crippen LogP contribution < -0.4 is 5.32 Å². The Bertz CT molecular complexity index is 1440. The summed E-state index contributed by atoms with van der Waals surface area (Å²) in [6, 6.07) is 11.3. The van der Waals surface area contributed by atoms with Gasteiger partial charge in [0.25, 0.3) is 0 Å². The lowest BCUT2D eigenvalue weighted by Gasteiger charge is -2.13. The minimum absolute atomic E-state index is 0.242. The van der Waals surface area contributed by atoms with E-state index in [4.69, 9.17) is 4.74 Å². The molecule has 0 radical (unpaired) electrons. The molecule has 1 aliphatic heterocycles. The molecule has 7 nitrogen and oxygen atoms in total. The number of hydrogen-bond acceptors (Lipinski definition) is 8. The second-order valence-corrected chi connectivity index (χ2v) is 10.2. The molecule has 31 heavy (non-hydrogen) atoms. The molecule has 1 N–H and O–H groups in total. The first-order valence-corrected chi connectivity index (χ1v) is 12.1. The lowest BCUT2D eigenvalue weighted by atomic mass is 10.1. The fourth-order valence-electron chi connectivity index (χ4n) is 3.52. The van der Waals surface area contributed by atoms with Gasteiger partial charge in [0.05, 0.1) is 31.5 Å². The maximum Gasteiger partial charge on any atom is 0.204 e. The summed E-state index contributed by atoms with van der Waals surface area (Å²) in [7, 11) is 0.307. The van der Waals surface area contributed by atoms with Crippen molar-refractivity contribution in [2.24, 2.45) is 0 Å². The summed E-state index contributed by atoms with van der Waals surface area (Å²) in [5.74, 6) is 0.368. The number of aromatic nitrogens is 2. The highest BCUT2D eigenvalue weighted by Crippen LogP contribution is 2.38. The molecule has 2 aromatic heterocycles. The summed E-state index contributed by atoms with van der Waals surface area (Å²) in [6.45, 7) is 1.09. The number of benzene rings is 2. The largest absolute Gasteiger partial charge is 0.491 e. The lowest BCUT2D eigenvalue weighted by Crippen LogP contribution is -2.17. The summed E-state index contributed by atoms with van der Waals surface area (Å²) >= 11 is 1.59. The van der Waals surface area contributed by atoms with Crippen LogP contribution in [0.15, 0.2) is 58.4 Å². The van der Waals surface area contributed by atoms with Gasteiger partial charge in [0, 0.05) is 35.1 Å². The van der Waals surface area contributed by atoms with Crippen molar-refractivity contribution in [3.05, 3.63) is 59.1 Å². The zero-order valence-corrected chi connectivity index (χ0v) is 18.6. The number of nitrogens with one attached hydrogen (secondary N) is 1. The molecule has 0 atom stereocenters. The summed E-state index contributed by atoms with van der Waals surface area (Å²) in [4.78, 5) is 11.0. The van der Waals surface area contributed by atoms with E-state index in [1.165, 1.54) is 5.41 Å². The number of sulfone groups is 1. The van der Waals surface area contributed by atoms with Crippen molar-refractivity contribution in [2.75, 3.05) is 32.6 Å². The number of fused-ring (bicyclic) bond motifs is 3. The van der Waals surface area contributed by atoms with Gasteiger partial charge in [-0.3, -0.25) is 4.98 Å². The van der Waals surface area contributed by atoms with E-state index in [2.05, 4.69) is 15.3 Å². The number of ether oxygens (including phenoxy) is 1. The van der Waals surface area contributed by atoms with Crippen LogP contribution in [-0.2, 0) is 14.6 Å². The maximum atomic E-state index is 12.8. The summed E-state index contributed by atoms with van der Waals surface area (Å²) in [6.07, 6.45) is 1.71. The van der Waals surface area contributed by atoms with Gasteiger partial charge in [-0.05, 0) is 50.5 Å². The maximum absolute atomic E-state index is 12.8. The average molecular weight is 453 g/mol. The molecular formula is C22H20N4O3S2. The predicted molar refractivity (Wildman–Crippen MR) is 124 cm³/mol. The first-order valence-electron chi connectivity index (χ1n) is 9.68. The third-order valence-electron chi connectivity index (χ3n) is 5.08. The Hall–Kier alpha value is -3.01. The van der Waals surface area contributed by atoms with Crippen molar-refractivity contribution in [3.63, 3.8) is 0 Å². The van der Waals surface area contributed by atoms with E-state index < -0.39 is 9.84 Å². The smallest absolute Gasteiger partial charge is 0.204 e. The van der Waals surface area contributed by atoms with Crippen molar-refractivity contribution in [1.29, 1.82) is 0 Å². The van der Waals surface area contributed by atoms with Gasteiger partial charge in [-0.1, -0.05) is 0 Å². The van der Waals surface area contributed by atoms with Crippen molar-refractivity contribution in [1.82, 2.24) is 14.9 Å². The van der Waals surface area contributed by atoms with Gasteiger partial charge in [-0.2, -0.15) is 0 Å². The quantitative estimate of drug-likeness (QED) is 0.468. The average Bonchev–Trinajstić information content (AvgIpc) is 3.29. The van der Waals surface area contributed by atoms with Crippen molar-refractivity contribution < 1.29 is 13.2 Å². The number of hydrogen-bond donors (Lipinski definition) is 1. The van der Waals surface area contributed by atoms with E-state index in [9.17, 15) is 8.42 Å². The second kappa shape index (κ2) is 7.60. The zero-order valence-electron chi connectivity index (χ0n) is 17.0. The van der Waals surface area contributed by atoms with Gasteiger partial charge in [0.2, 0.25) is 9.84 Å². The molecule has 0 amide bonds. The van der Waals surface area contributed by atoms with Crippen molar-refractivity contribution in [3.8, 4) is 0 Å². The van der Waals surface area contributed by atoms with Gasteiger partial charge in [-0.25, -0.2) is 13.4 Å². The Morgan fingerprint density at radius 1 is 1.10 bits per heavy atom. The summed E-state index contributed by atoms with van der Waals surface area (Å²) in [5, 5.41) is 5.31. The fraction of sp³-hybridized carbons (Fsp3) is 0.182. The van der Waals surface area contributed by atoms with Crippen LogP contribution in [0.2, 0.25) is 0 Å². The highest BCUT2D eigenvalue weighted by atomic mass is 32.2. The number of likely N-dealkylation sites (N-methyl/N-ethyl adjacent to an activating group) is 1. The van der Waals surface area contributed by atoms with E-state index in [0.717, 1.165) is 27.0 Å². The van der Waals surface area contributed by atoms with Crippen LogP contribution in [0.4, 0.5) is 11.4 Å². The topological polar surface area (TPSA) is 84.4 Å². The predicted octanol–water partition coefficient (Wildman–Crippen LogP) is 4.25. The van der Waals surface area contributed by atoms with Crippen LogP contribution in [0.5, 0.6) is 0 Å². The molecule has 2 aromatic carbocycles. The summed E-state index contributed by atoms with van der Waals surface area (Å²) < 4.78 is 32.4. The molecule has 0 saturated carbocycles. The standard InChI is InChI=1S/C22H20N4O3S2/c1-26(2)7-8-29-20-12-31(27,28)22-11-15-17(5-6-23-18(15)10-16(20)22)25-14-3-4-21-19(9-14)24-13-30-21/h3-6,9-13H,7-8H2,1-2H3,(H,23,25). The van der Waals surface area contributed by atoms with Gasteiger partial charge in [-0.15, -0.1) is 11.3 Å². The highest BCUT2D eigenvalue weighted by molar-refractivity contribution is 7.95. The minimum atomic E-state index is -3.57. The molecule has 158 valence electrons. The zero-order chi connectivity index (χ0) is 21.6. The molecule has 0 bridgehead atoms. The minimum Gasteiger partial charge on any atom is -0.491 e. The molecule has 4 aromatic rings. The SMILES string of the molecule is CN(C)CCOC1=CS(=O)(=O)c2cc3c(Nc4ccc5scnc5c4)ccnc3cc21. The van der Waals surface area contributed by atoms with Gasteiger partial charge >= 0.3 is 0 Å². The third kappa shape index (κ3) is 3.76. The van der Waals surface area contributed by atoms with Crippen LogP contribution in [0.3, 0.4) is 0 Å². The Kier molecular flexibility index (Phi) is 4.88. The van der Waals surface area contributed by atoms with Gasteiger partial charge in [0.1, 0.15) is 12.4 Å². The van der Waals surface area contributed by atoms with Crippen LogP contribution >= 0.6 is 11.3 Å². The van der Waals surface area contributed by atoms with Crippen LogP contribution in [-0.4, -0.2) is 50.5 Å². The Labute approximate surface area is 183 Å². The Morgan fingerprint density at radius 2 is 1.97 bits per heavy atom. The first kappa shape index (κ1) is 19.9. The van der Waals surface area contributed by atoms with E-state index in [1.54, 1.807) is 29.7 Å². The number of nitrogens with zero attached hydrogens (tertiary/aromatic N) is 3. The molecule has 0 aliphatic carbocycles. The molecule has 0 fully saturated rings. The fourth-order valence-corrected chi connectivity index (χ4v) is 5.53. The molecule has 0 unspecified atom stereocenters. The van der Waals surface area contributed by atoms with Gasteiger partial charge in [0.15, 0.2) is 0 Å². The molecule has 3 heterocycles. The summed E-state index contributed by atoms with van der Waals surface area (Å²) in [5.41, 5.74) is 5.63. The Morgan fingerprint density at radius 3 is 2.81 bits per heavy atom. The monoisotopic (exact) mass is 452 g/mol. The molecule has 0 spiro atoms. The number of thiazole rings is 1. The van der Waals surface area contributed by atoms with E-state index in [1.807, 2.05) is 48.8 Å². The molecule has 9 heteroatoms. The van der Waals surface area contributed by atoms with E-state index in [0.29, 0.717) is 30.0 Å². The Balaban J connectivity index is 1.53. The lowest BCUT2D eigenvalue weighted by molar-refractivity contribution is 0.232. The third-order valence-corrected chi connectivity index (χ3v) is 7.37. The number of pyridine rings is 1. The first-order chi connectivity index (χ1) is 14.9. The van der Waals surface area contributed by atoms with Crippen molar-refractivity contribution >= 4 is 59.4 Å². The van der Waals surface area contributed by atoms with Crippen LogP contribution in [0.25, 0.3) is 26.9 Å². The number of rotatable bonds is 6. The molecule has 1 aliphatic rings. The van der Waals surface area contributed by atoms with Crippen LogP contribution in [0.1, 0.15) is 5.56 Å². The highest BCUT2D eigenvalue weighted by Gasteiger charge is 2.29. The normalized spacial score (nSPS) is 14.7. The van der Waals surface area contributed by atoms with Gasteiger partial charge < -0.3 is 15.0 Å². The molecular weight excluding hydrogens is 432 g/mol. The van der Waals surface area contributed by atoms with Crippen LogP contribution in [0, 0.1) is 0 Å².